The first-order valence-corrected chi connectivity index (χ1v) is 5.12. The van der Waals surface area contributed by atoms with Crippen LogP contribution in [0.4, 0.5) is 0 Å². The quantitative estimate of drug-likeness (QED) is 0.858. The second-order valence-corrected chi connectivity index (χ2v) is 4.26. The van der Waals surface area contributed by atoms with Gasteiger partial charge in [-0.25, -0.2) is 4.98 Å². The molecule has 0 spiro atoms. The van der Waals surface area contributed by atoms with E-state index in [0.717, 1.165) is 10.2 Å². The normalized spacial score (nSPS) is 10.6. The maximum atomic E-state index is 10.5. The monoisotopic (exact) mass is 227 g/mol. The summed E-state index contributed by atoms with van der Waals surface area (Å²) < 4.78 is 0.852. The molecule has 5 heteroatoms. The van der Waals surface area contributed by atoms with Gasteiger partial charge >= 0.3 is 5.97 Å². The van der Waals surface area contributed by atoms with Gasteiger partial charge in [-0.05, 0) is 12.1 Å². The SMILES string of the molecule is O=C(O)Cc1nc2cccc(Cl)c2s1. The van der Waals surface area contributed by atoms with Crippen LogP contribution in [-0.4, -0.2) is 16.1 Å². The Bertz CT molecular complexity index is 495. The number of carboxylic acids is 1. The van der Waals surface area contributed by atoms with Gasteiger partial charge in [-0.15, -0.1) is 11.3 Å². The number of carbonyl (C=O) groups is 1. The number of aliphatic carboxylic acids is 1. The van der Waals surface area contributed by atoms with Crippen LogP contribution >= 0.6 is 22.9 Å². The zero-order chi connectivity index (χ0) is 10.1. The third-order valence-electron chi connectivity index (χ3n) is 1.71. The van der Waals surface area contributed by atoms with Gasteiger partial charge in [0.2, 0.25) is 0 Å². The maximum Gasteiger partial charge on any atom is 0.310 e. The van der Waals surface area contributed by atoms with Gasteiger partial charge in [0.15, 0.2) is 0 Å². The van der Waals surface area contributed by atoms with E-state index in [4.69, 9.17) is 16.7 Å². The number of thiazole rings is 1. The van der Waals surface area contributed by atoms with Crippen molar-refractivity contribution in [2.45, 2.75) is 6.42 Å². The molecular formula is C9H6ClNO2S. The predicted molar refractivity (Wildman–Crippen MR) is 56.0 cm³/mol. The van der Waals surface area contributed by atoms with E-state index in [1.165, 1.54) is 11.3 Å². The number of carboxylic acid groups (broad SMARTS) is 1. The Hall–Kier alpha value is -1.13. The molecule has 0 fully saturated rings. The van der Waals surface area contributed by atoms with Gasteiger partial charge in [0, 0.05) is 0 Å². The van der Waals surface area contributed by atoms with Crippen LogP contribution in [0.25, 0.3) is 10.2 Å². The Kier molecular flexibility index (Phi) is 2.39. The number of rotatable bonds is 2. The van der Waals surface area contributed by atoms with Crippen molar-refractivity contribution in [2.24, 2.45) is 0 Å². The highest BCUT2D eigenvalue weighted by Gasteiger charge is 2.09. The first-order chi connectivity index (χ1) is 6.66. The van der Waals surface area contributed by atoms with Gasteiger partial charge in [-0.2, -0.15) is 0 Å². The van der Waals surface area contributed by atoms with Crippen molar-refractivity contribution in [1.82, 2.24) is 4.98 Å². The molecule has 0 aliphatic rings. The smallest absolute Gasteiger partial charge is 0.310 e. The maximum absolute atomic E-state index is 10.5. The van der Waals surface area contributed by atoms with Crippen molar-refractivity contribution in [3.63, 3.8) is 0 Å². The molecule has 0 amide bonds. The van der Waals surface area contributed by atoms with Gasteiger partial charge in [-0.3, -0.25) is 4.79 Å². The summed E-state index contributed by atoms with van der Waals surface area (Å²) in [6, 6.07) is 5.39. The van der Waals surface area contributed by atoms with Gasteiger partial charge in [0.05, 0.1) is 21.7 Å². The number of nitrogens with zero attached hydrogens (tertiary/aromatic N) is 1. The molecule has 2 aromatic rings. The van der Waals surface area contributed by atoms with E-state index in [1.54, 1.807) is 12.1 Å². The molecule has 3 nitrogen and oxygen atoms in total. The molecule has 0 unspecified atom stereocenters. The number of aromatic nitrogens is 1. The second kappa shape index (κ2) is 3.55. The fourth-order valence-electron chi connectivity index (χ4n) is 1.17. The van der Waals surface area contributed by atoms with Gasteiger partial charge in [0.25, 0.3) is 0 Å². The number of fused-ring (bicyclic) bond motifs is 1. The lowest BCUT2D eigenvalue weighted by Gasteiger charge is -1.87. The summed E-state index contributed by atoms with van der Waals surface area (Å²) in [4.78, 5) is 14.6. The van der Waals surface area contributed by atoms with Crippen molar-refractivity contribution in [3.05, 3.63) is 28.2 Å². The average Bonchev–Trinajstić information content (AvgIpc) is 2.47. The second-order valence-electron chi connectivity index (χ2n) is 2.77. The molecule has 0 aliphatic carbocycles. The lowest BCUT2D eigenvalue weighted by Crippen LogP contribution is -1.98. The van der Waals surface area contributed by atoms with Crippen molar-refractivity contribution in [3.8, 4) is 0 Å². The minimum Gasteiger partial charge on any atom is -0.481 e. The summed E-state index contributed by atoms with van der Waals surface area (Å²) in [5.74, 6) is -0.875. The first-order valence-electron chi connectivity index (χ1n) is 3.92. The predicted octanol–water partition coefficient (Wildman–Crippen LogP) is 2.58. The van der Waals surface area contributed by atoms with Crippen molar-refractivity contribution < 1.29 is 9.90 Å². The van der Waals surface area contributed by atoms with Crippen LogP contribution in [0.5, 0.6) is 0 Å². The average molecular weight is 228 g/mol. The fourth-order valence-corrected chi connectivity index (χ4v) is 2.41. The van der Waals surface area contributed by atoms with Crippen LogP contribution in [0.1, 0.15) is 5.01 Å². The Morgan fingerprint density at radius 1 is 1.57 bits per heavy atom. The zero-order valence-corrected chi connectivity index (χ0v) is 8.60. The lowest BCUT2D eigenvalue weighted by atomic mass is 10.3. The minimum atomic E-state index is -0.875. The number of hydrogen-bond acceptors (Lipinski definition) is 3. The van der Waals surface area contributed by atoms with E-state index in [2.05, 4.69) is 4.98 Å². The minimum absolute atomic E-state index is 0.0460. The van der Waals surface area contributed by atoms with E-state index < -0.39 is 5.97 Å². The molecule has 0 atom stereocenters. The molecule has 0 saturated heterocycles. The van der Waals surface area contributed by atoms with Gasteiger partial charge < -0.3 is 5.11 Å². The van der Waals surface area contributed by atoms with E-state index >= 15 is 0 Å². The third-order valence-corrected chi connectivity index (χ3v) is 3.25. The Labute approximate surface area is 89.0 Å². The molecule has 0 aliphatic heterocycles. The standard InChI is InChI=1S/C9H6ClNO2S/c10-5-2-1-3-6-9(5)14-7(11-6)4-8(12)13/h1-3H,4H2,(H,12,13). The molecule has 14 heavy (non-hydrogen) atoms. The molecule has 1 heterocycles. The van der Waals surface area contributed by atoms with Crippen LogP contribution in [-0.2, 0) is 11.2 Å². The van der Waals surface area contributed by atoms with E-state index in [-0.39, 0.29) is 6.42 Å². The van der Waals surface area contributed by atoms with Crippen molar-refractivity contribution in [1.29, 1.82) is 0 Å². The summed E-state index contributed by atoms with van der Waals surface area (Å²) in [6.45, 7) is 0. The van der Waals surface area contributed by atoms with E-state index in [1.807, 2.05) is 6.07 Å². The summed E-state index contributed by atoms with van der Waals surface area (Å²) in [5.41, 5.74) is 0.763. The fraction of sp³-hybridized carbons (Fsp3) is 0.111. The Morgan fingerprint density at radius 3 is 3.00 bits per heavy atom. The highest BCUT2D eigenvalue weighted by Crippen LogP contribution is 2.29. The van der Waals surface area contributed by atoms with E-state index in [9.17, 15) is 4.79 Å². The molecule has 0 radical (unpaired) electrons. The zero-order valence-electron chi connectivity index (χ0n) is 7.03. The molecule has 1 aromatic carbocycles. The van der Waals surface area contributed by atoms with Crippen LogP contribution < -0.4 is 0 Å². The van der Waals surface area contributed by atoms with Crippen LogP contribution in [0.15, 0.2) is 18.2 Å². The summed E-state index contributed by atoms with van der Waals surface area (Å²) in [7, 11) is 0. The van der Waals surface area contributed by atoms with Gasteiger partial charge in [0.1, 0.15) is 5.01 Å². The highest BCUT2D eigenvalue weighted by atomic mass is 35.5. The molecule has 1 N–H and O–H groups in total. The summed E-state index contributed by atoms with van der Waals surface area (Å²) >= 11 is 7.26. The lowest BCUT2D eigenvalue weighted by molar-refractivity contribution is -0.136. The van der Waals surface area contributed by atoms with Gasteiger partial charge in [-0.1, -0.05) is 17.7 Å². The molecule has 2 rings (SSSR count). The molecule has 1 aromatic heterocycles. The third kappa shape index (κ3) is 1.71. The Balaban J connectivity index is 2.51. The first kappa shape index (κ1) is 9.43. The molecule has 0 saturated carbocycles. The van der Waals surface area contributed by atoms with Crippen LogP contribution in [0, 0.1) is 0 Å². The van der Waals surface area contributed by atoms with Crippen molar-refractivity contribution in [2.75, 3.05) is 0 Å². The highest BCUT2D eigenvalue weighted by molar-refractivity contribution is 7.19. The number of benzene rings is 1. The topological polar surface area (TPSA) is 50.2 Å². The van der Waals surface area contributed by atoms with Crippen molar-refractivity contribution >= 4 is 39.1 Å². The number of hydrogen-bond donors (Lipinski definition) is 1. The largest absolute Gasteiger partial charge is 0.481 e. The Morgan fingerprint density at radius 2 is 2.36 bits per heavy atom. The molecular weight excluding hydrogens is 222 g/mol. The number of halogens is 1. The van der Waals surface area contributed by atoms with E-state index in [0.29, 0.717) is 10.0 Å². The molecule has 72 valence electrons. The molecule has 0 bridgehead atoms. The summed E-state index contributed by atoms with van der Waals surface area (Å²) in [6.07, 6.45) is -0.0460. The summed E-state index contributed by atoms with van der Waals surface area (Å²) in [5, 5.41) is 9.80. The van der Waals surface area contributed by atoms with Crippen LogP contribution in [0.2, 0.25) is 5.02 Å². The van der Waals surface area contributed by atoms with Crippen LogP contribution in [0.3, 0.4) is 0 Å².